The standard InChI is InChI=1S/C19H18N2O2S2/c1-23-14-10-8-13(9-11-14)17-15(18(24)25-2)16(20-19(22)21-17)12-6-4-3-5-7-12/h3-11,17H,1-2H3,(H2,20,21,22). The second-order valence-corrected chi connectivity index (χ2v) is 6.93. The number of hydrogen-bond acceptors (Lipinski definition) is 4. The lowest BCUT2D eigenvalue weighted by Crippen LogP contribution is -2.44. The van der Waals surface area contributed by atoms with Crippen molar-refractivity contribution < 1.29 is 9.53 Å². The minimum Gasteiger partial charge on any atom is -0.497 e. The van der Waals surface area contributed by atoms with E-state index < -0.39 is 0 Å². The van der Waals surface area contributed by atoms with Crippen LogP contribution in [0.1, 0.15) is 17.2 Å². The van der Waals surface area contributed by atoms with Crippen molar-refractivity contribution in [1.82, 2.24) is 10.6 Å². The Morgan fingerprint density at radius 2 is 1.80 bits per heavy atom. The average molecular weight is 370 g/mol. The van der Waals surface area contributed by atoms with Crippen molar-refractivity contribution in [3.8, 4) is 5.75 Å². The van der Waals surface area contributed by atoms with Crippen molar-refractivity contribution in [2.45, 2.75) is 6.04 Å². The summed E-state index contributed by atoms with van der Waals surface area (Å²) in [5, 5.41) is 5.91. The highest BCUT2D eigenvalue weighted by atomic mass is 32.2. The smallest absolute Gasteiger partial charge is 0.320 e. The summed E-state index contributed by atoms with van der Waals surface area (Å²) < 4.78 is 5.96. The van der Waals surface area contributed by atoms with Crippen LogP contribution in [0.4, 0.5) is 4.79 Å². The number of thioether (sulfide) groups is 1. The van der Waals surface area contributed by atoms with Crippen molar-refractivity contribution in [2.24, 2.45) is 0 Å². The van der Waals surface area contributed by atoms with Crippen LogP contribution in [0.25, 0.3) is 5.70 Å². The largest absolute Gasteiger partial charge is 0.497 e. The quantitative estimate of drug-likeness (QED) is 0.794. The number of urea groups is 1. The van der Waals surface area contributed by atoms with Crippen LogP contribution in [-0.2, 0) is 0 Å². The Kier molecular flexibility index (Phi) is 5.40. The molecular formula is C19H18N2O2S2. The Morgan fingerprint density at radius 1 is 1.12 bits per heavy atom. The first kappa shape index (κ1) is 17.5. The number of thiocarbonyl (C=S) groups is 1. The fraction of sp³-hybridized carbons (Fsp3) is 0.158. The van der Waals surface area contributed by atoms with Gasteiger partial charge in [-0.15, -0.1) is 11.8 Å². The molecule has 1 aliphatic rings. The molecule has 2 aromatic carbocycles. The summed E-state index contributed by atoms with van der Waals surface area (Å²) in [7, 11) is 1.63. The van der Waals surface area contributed by atoms with Crippen LogP contribution in [0.2, 0.25) is 0 Å². The fourth-order valence-electron chi connectivity index (χ4n) is 2.77. The number of carbonyl (C=O) groups excluding carboxylic acids is 1. The molecule has 25 heavy (non-hydrogen) atoms. The molecule has 3 rings (SSSR count). The topological polar surface area (TPSA) is 50.4 Å². The summed E-state index contributed by atoms with van der Waals surface area (Å²) in [6.07, 6.45) is 1.94. The van der Waals surface area contributed by atoms with E-state index in [0.29, 0.717) is 0 Å². The summed E-state index contributed by atoms with van der Waals surface area (Å²) >= 11 is 7.10. The van der Waals surface area contributed by atoms with Crippen molar-refractivity contribution in [2.75, 3.05) is 13.4 Å². The second kappa shape index (κ2) is 7.72. The molecule has 2 N–H and O–H groups in total. The fourth-order valence-corrected chi connectivity index (χ4v) is 3.43. The summed E-state index contributed by atoms with van der Waals surface area (Å²) in [6.45, 7) is 0. The van der Waals surface area contributed by atoms with Crippen LogP contribution in [0.3, 0.4) is 0 Å². The van der Waals surface area contributed by atoms with Gasteiger partial charge in [0.2, 0.25) is 0 Å². The van der Waals surface area contributed by atoms with Gasteiger partial charge in [0.1, 0.15) is 5.75 Å². The van der Waals surface area contributed by atoms with Crippen molar-refractivity contribution in [1.29, 1.82) is 0 Å². The third-order valence-electron chi connectivity index (χ3n) is 3.99. The maximum Gasteiger partial charge on any atom is 0.320 e. The number of carbonyl (C=O) groups is 1. The highest BCUT2D eigenvalue weighted by Gasteiger charge is 2.31. The third kappa shape index (κ3) is 3.70. The van der Waals surface area contributed by atoms with Gasteiger partial charge in [-0.2, -0.15) is 0 Å². The zero-order valence-electron chi connectivity index (χ0n) is 13.9. The summed E-state index contributed by atoms with van der Waals surface area (Å²) in [5.41, 5.74) is 3.54. The van der Waals surface area contributed by atoms with E-state index in [0.717, 1.165) is 32.3 Å². The van der Waals surface area contributed by atoms with Crippen molar-refractivity contribution >= 4 is 39.9 Å². The van der Waals surface area contributed by atoms with Crippen molar-refractivity contribution in [3.05, 3.63) is 71.3 Å². The second-order valence-electron chi connectivity index (χ2n) is 5.45. The Bertz CT molecular complexity index is 817. The summed E-state index contributed by atoms with van der Waals surface area (Å²) in [4.78, 5) is 12.3. The van der Waals surface area contributed by atoms with Crippen LogP contribution in [0, 0.1) is 0 Å². The molecule has 0 saturated carbocycles. The molecule has 0 radical (unpaired) electrons. The maximum absolute atomic E-state index is 12.3. The van der Waals surface area contributed by atoms with Crippen LogP contribution in [0.15, 0.2) is 60.2 Å². The molecule has 2 aromatic rings. The molecule has 0 bridgehead atoms. The monoisotopic (exact) mass is 370 g/mol. The molecule has 1 aliphatic heterocycles. The molecule has 6 heteroatoms. The maximum atomic E-state index is 12.3. The number of benzene rings is 2. The van der Waals surface area contributed by atoms with Crippen LogP contribution >= 0.6 is 24.0 Å². The van der Waals surface area contributed by atoms with Crippen LogP contribution in [-0.4, -0.2) is 23.6 Å². The van der Waals surface area contributed by atoms with Gasteiger partial charge in [-0.05, 0) is 29.5 Å². The van der Waals surface area contributed by atoms with E-state index >= 15 is 0 Å². The Morgan fingerprint density at radius 3 is 2.40 bits per heavy atom. The minimum atomic E-state index is -0.310. The number of amides is 2. The molecule has 1 unspecified atom stereocenters. The molecule has 0 aromatic heterocycles. The SMILES string of the molecule is COc1ccc(C2NC(=O)NC(c3ccccc3)=C2C(=S)SC)cc1. The van der Waals surface area contributed by atoms with Gasteiger partial charge in [-0.1, -0.05) is 54.7 Å². The lowest BCUT2D eigenvalue weighted by Gasteiger charge is -2.31. The summed E-state index contributed by atoms with van der Waals surface area (Å²) in [5.74, 6) is 0.769. The highest BCUT2D eigenvalue weighted by Crippen LogP contribution is 2.34. The molecule has 0 fully saturated rings. The lowest BCUT2D eigenvalue weighted by molar-refractivity contribution is 0.241. The van der Waals surface area contributed by atoms with Gasteiger partial charge in [0, 0.05) is 5.57 Å². The van der Waals surface area contributed by atoms with E-state index in [1.807, 2.05) is 60.9 Å². The number of methoxy groups -OCH3 is 1. The molecule has 0 saturated heterocycles. The van der Waals surface area contributed by atoms with Gasteiger partial charge in [0.15, 0.2) is 0 Å². The van der Waals surface area contributed by atoms with Gasteiger partial charge in [0.25, 0.3) is 0 Å². The number of ether oxygens (including phenoxy) is 1. The molecule has 2 amide bonds. The van der Waals surface area contributed by atoms with E-state index in [1.54, 1.807) is 7.11 Å². The van der Waals surface area contributed by atoms with E-state index in [4.69, 9.17) is 17.0 Å². The van der Waals surface area contributed by atoms with Crippen LogP contribution in [0.5, 0.6) is 5.75 Å². The van der Waals surface area contributed by atoms with Gasteiger partial charge in [0.05, 0.1) is 23.0 Å². The molecule has 0 spiro atoms. The molecule has 1 heterocycles. The number of nitrogens with one attached hydrogen (secondary N) is 2. The first-order valence-corrected chi connectivity index (χ1v) is 9.36. The van der Waals surface area contributed by atoms with E-state index in [-0.39, 0.29) is 12.1 Å². The number of hydrogen-bond donors (Lipinski definition) is 2. The Labute approximate surface area is 156 Å². The molecule has 0 aliphatic carbocycles. The first-order valence-electron chi connectivity index (χ1n) is 7.73. The van der Waals surface area contributed by atoms with Gasteiger partial charge < -0.3 is 15.4 Å². The molecule has 1 atom stereocenters. The highest BCUT2D eigenvalue weighted by molar-refractivity contribution is 8.23. The van der Waals surface area contributed by atoms with Crippen LogP contribution < -0.4 is 15.4 Å². The zero-order valence-corrected chi connectivity index (χ0v) is 15.5. The Hall–Kier alpha value is -2.31. The third-order valence-corrected chi connectivity index (χ3v) is 5.30. The molecule has 4 nitrogen and oxygen atoms in total. The van der Waals surface area contributed by atoms with E-state index in [2.05, 4.69) is 10.6 Å². The molecule has 128 valence electrons. The normalized spacial score (nSPS) is 16.9. The zero-order chi connectivity index (χ0) is 17.8. The average Bonchev–Trinajstić information content (AvgIpc) is 2.67. The van der Waals surface area contributed by atoms with E-state index in [9.17, 15) is 4.79 Å². The molecular weight excluding hydrogens is 352 g/mol. The van der Waals surface area contributed by atoms with Gasteiger partial charge in [-0.3, -0.25) is 0 Å². The lowest BCUT2D eigenvalue weighted by atomic mass is 9.94. The predicted molar refractivity (Wildman–Crippen MR) is 107 cm³/mol. The summed E-state index contributed by atoms with van der Waals surface area (Å²) in [6, 6.07) is 16.9. The van der Waals surface area contributed by atoms with Crippen molar-refractivity contribution in [3.63, 3.8) is 0 Å². The first-order chi connectivity index (χ1) is 12.1. The number of rotatable bonds is 4. The van der Waals surface area contributed by atoms with Gasteiger partial charge in [-0.25, -0.2) is 4.79 Å². The minimum absolute atomic E-state index is 0.243. The van der Waals surface area contributed by atoms with E-state index in [1.165, 1.54) is 11.8 Å². The predicted octanol–water partition coefficient (Wildman–Crippen LogP) is 4.15. The van der Waals surface area contributed by atoms with Gasteiger partial charge >= 0.3 is 6.03 Å². The Balaban J connectivity index is 2.14.